The van der Waals surface area contributed by atoms with E-state index in [1.165, 1.54) is 17.3 Å². The molecular formula is C17H20N6O2. The average Bonchev–Trinajstić information content (AvgIpc) is 2.92. The number of amides is 2. The standard InChI is InChI=1S/C17H20N6O2/c1-18-9-10-22(2)14(24)11-12-15-16(21-8-7-20-15)17(25)23(12)13-5-3-4-6-19-13/h3-8,12,18H,9-11H2,1-2H3. The first-order chi connectivity index (χ1) is 12.1. The molecule has 3 rings (SSSR count). The summed E-state index contributed by atoms with van der Waals surface area (Å²) < 4.78 is 0. The van der Waals surface area contributed by atoms with Crippen LogP contribution < -0.4 is 10.2 Å². The fourth-order valence-corrected chi connectivity index (χ4v) is 2.81. The summed E-state index contributed by atoms with van der Waals surface area (Å²) in [6.45, 7) is 1.29. The Hall–Kier alpha value is -2.87. The van der Waals surface area contributed by atoms with E-state index < -0.39 is 6.04 Å². The van der Waals surface area contributed by atoms with E-state index in [2.05, 4.69) is 20.3 Å². The number of carbonyl (C=O) groups excluding carboxylic acids is 2. The Bertz CT molecular complexity index is 767. The molecule has 0 saturated carbocycles. The second kappa shape index (κ2) is 7.35. The number of pyridine rings is 1. The molecule has 0 fully saturated rings. The van der Waals surface area contributed by atoms with Gasteiger partial charge >= 0.3 is 0 Å². The highest BCUT2D eigenvalue weighted by atomic mass is 16.2. The quantitative estimate of drug-likeness (QED) is 0.830. The smallest absolute Gasteiger partial charge is 0.280 e. The zero-order valence-electron chi connectivity index (χ0n) is 14.2. The number of fused-ring (bicyclic) bond motifs is 1. The first-order valence-electron chi connectivity index (χ1n) is 8.07. The lowest BCUT2D eigenvalue weighted by Gasteiger charge is -2.25. The Morgan fingerprint density at radius 3 is 2.76 bits per heavy atom. The Morgan fingerprint density at radius 1 is 1.24 bits per heavy atom. The molecule has 3 heterocycles. The molecule has 0 aliphatic carbocycles. The molecule has 1 aliphatic heterocycles. The van der Waals surface area contributed by atoms with Crippen LogP contribution in [-0.2, 0) is 4.79 Å². The van der Waals surface area contributed by atoms with Crippen molar-refractivity contribution in [2.75, 3.05) is 32.1 Å². The minimum Gasteiger partial charge on any atom is -0.344 e. The Balaban J connectivity index is 1.90. The summed E-state index contributed by atoms with van der Waals surface area (Å²) in [5.74, 6) is 0.146. The summed E-state index contributed by atoms with van der Waals surface area (Å²) >= 11 is 0. The third-order valence-corrected chi connectivity index (χ3v) is 4.16. The Labute approximate surface area is 145 Å². The van der Waals surface area contributed by atoms with Gasteiger partial charge in [0.15, 0.2) is 5.69 Å². The van der Waals surface area contributed by atoms with E-state index in [9.17, 15) is 9.59 Å². The van der Waals surface area contributed by atoms with Crippen LogP contribution in [0.1, 0.15) is 28.6 Å². The lowest BCUT2D eigenvalue weighted by atomic mass is 10.1. The second-order valence-electron chi connectivity index (χ2n) is 5.79. The Morgan fingerprint density at radius 2 is 2.04 bits per heavy atom. The molecule has 1 N–H and O–H groups in total. The van der Waals surface area contributed by atoms with Gasteiger partial charge < -0.3 is 10.2 Å². The van der Waals surface area contributed by atoms with Crippen molar-refractivity contribution in [1.82, 2.24) is 25.2 Å². The molecule has 8 heteroatoms. The van der Waals surface area contributed by atoms with Crippen LogP contribution in [0, 0.1) is 0 Å². The fourth-order valence-electron chi connectivity index (χ4n) is 2.81. The van der Waals surface area contributed by atoms with Crippen molar-refractivity contribution in [3.63, 3.8) is 0 Å². The molecule has 0 radical (unpaired) electrons. The van der Waals surface area contributed by atoms with Gasteiger partial charge in [-0.05, 0) is 19.2 Å². The number of nitrogens with zero attached hydrogens (tertiary/aromatic N) is 5. The number of hydrogen-bond acceptors (Lipinski definition) is 6. The Kier molecular flexibility index (Phi) is 4.99. The summed E-state index contributed by atoms with van der Waals surface area (Å²) in [6.07, 6.45) is 4.77. The van der Waals surface area contributed by atoms with E-state index in [4.69, 9.17) is 0 Å². The molecule has 8 nitrogen and oxygen atoms in total. The van der Waals surface area contributed by atoms with E-state index in [0.717, 1.165) is 0 Å². The monoisotopic (exact) mass is 340 g/mol. The number of likely N-dealkylation sites (N-methyl/N-ethyl adjacent to an activating group) is 2. The predicted molar refractivity (Wildman–Crippen MR) is 92.0 cm³/mol. The molecule has 1 unspecified atom stereocenters. The van der Waals surface area contributed by atoms with E-state index in [0.29, 0.717) is 24.6 Å². The summed E-state index contributed by atoms with van der Waals surface area (Å²) in [5.41, 5.74) is 0.803. The fraction of sp³-hybridized carbons (Fsp3) is 0.353. The van der Waals surface area contributed by atoms with Gasteiger partial charge in [0, 0.05) is 38.7 Å². The summed E-state index contributed by atoms with van der Waals surface area (Å²) in [5, 5.41) is 3.01. The van der Waals surface area contributed by atoms with Gasteiger partial charge in [0.25, 0.3) is 5.91 Å². The molecule has 25 heavy (non-hydrogen) atoms. The molecule has 1 aliphatic rings. The zero-order valence-corrected chi connectivity index (χ0v) is 14.2. The number of aromatic nitrogens is 3. The number of hydrogen-bond donors (Lipinski definition) is 1. The molecule has 2 aromatic heterocycles. The van der Waals surface area contributed by atoms with Crippen molar-refractivity contribution >= 4 is 17.6 Å². The number of carbonyl (C=O) groups is 2. The summed E-state index contributed by atoms with van der Waals surface area (Å²) in [4.78, 5) is 41.2. The van der Waals surface area contributed by atoms with Crippen LogP contribution in [0.4, 0.5) is 5.82 Å². The number of anilines is 1. The minimum atomic E-state index is -0.504. The molecule has 2 aromatic rings. The van der Waals surface area contributed by atoms with E-state index in [1.807, 2.05) is 7.05 Å². The molecule has 0 saturated heterocycles. The summed E-state index contributed by atoms with van der Waals surface area (Å²) in [6, 6.07) is 4.82. The van der Waals surface area contributed by atoms with Crippen molar-refractivity contribution in [1.29, 1.82) is 0 Å². The van der Waals surface area contributed by atoms with Gasteiger partial charge in [0.2, 0.25) is 5.91 Å². The summed E-state index contributed by atoms with van der Waals surface area (Å²) in [7, 11) is 3.59. The van der Waals surface area contributed by atoms with Crippen molar-refractivity contribution in [2.45, 2.75) is 12.5 Å². The minimum absolute atomic E-state index is 0.0625. The molecule has 0 bridgehead atoms. The van der Waals surface area contributed by atoms with Crippen LogP contribution in [0.5, 0.6) is 0 Å². The van der Waals surface area contributed by atoms with E-state index in [1.54, 1.807) is 36.3 Å². The second-order valence-corrected chi connectivity index (χ2v) is 5.79. The highest BCUT2D eigenvalue weighted by Crippen LogP contribution is 2.36. The zero-order chi connectivity index (χ0) is 17.8. The van der Waals surface area contributed by atoms with E-state index >= 15 is 0 Å². The van der Waals surface area contributed by atoms with Gasteiger partial charge in [0.05, 0.1) is 18.2 Å². The lowest BCUT2D eigenvalue weighted by Crippen LogP contribution is -2.36. The van der Waals surface area contributed by atoms with Crippen LogP contribution in [0.25, 0.3) is 0 Å². The maximum atomic E-state index is 12.8. The van der Waals surface area contributed by atoms with Gasteiger partial charge in [-0.15, -0.1) is 0 Å². The van der Waals surface area contributed by atoms with Crippen molar-refractivity contribution < 1.29 is 9.59 Å². The highest BCUT2D eigenvalue weighted by molar-refractivity contribution is 6.09. The first kappa shape index (κ1) is 17.0. The van der Waals surface area contributed by atoms with Crippen LogP contribution in [0.3, 0.4) is 0 Å². The predicted octanol–water partition coefficient (Wildman–Crippen LogP) is 0.641. The van der Waals surface area contributed by atoms with Gasteiger partial charge in [-0.25, -0.2) is 9.97 Å². The van der Waals surface area contributed by atoms with Gasteiger partial charge in [-0.3, -0.25) is 19.5 Å². The van der Waals surface area contributed by atoms with Crippen molar-refractivity contribution in [2.24, 2.45) is 0 Å². The SMILES string of the molecule is CNCCN(C)C(=O)CC1c2nccnc2C(=O)N1c1ccccn1. The molecule has 130 valence electrons. The van der Waals surface area contributed by atoms with Crippen LogP contribution in [0.2, 0.25) is 0 Å². The molecule has 1 atom stereocenters. The maximum Gasteiger partial charge on any atom is 0.280 e. The van der Waals surface area contributed by atoms with Gasteiger partial charge in [0.1, 0.15) is 5.82 Å². The van der Waals surface area contributed by atoms with Crippen molar-refractivity contribution in [3.05, 3.63) is 48.2 Å². The van der Waals surface area contributed by atoms with Crippen LogP contribution >= 0.6 is 0 Å². The first-order valence-corrected chi connectivity index (χ1v) is 8.07. The lowest BCUT2D eigenvalue weighted by molar-refractivity contribution is -0.130. The van der Waals surface area contributed by atoms with Gasteiger partial charge in [-0.1, -0.05) is 6.07 Å². The highest BCUT2D eigenvalue weighted by Gasteiger charge is 2.42. The third-order valence-electron chi connectivity index (χ3n) is 4.16. The van der Waals surface area contributed by atoms with E-state index in [-0.39, 0.29) is 23.9 Å². The van der Waals surface area contributed by atoms with Crippen LogP contribution in [0.15, 0.2) is 36.8 Å². The molecular weight excluding hydrogens is 320 g/mol. The average molecular weight is 340 g/mol. The molecule has 0 aromatic carbocycles. The maximum absolute atomic E-state index is 12.8. The molecule has 2 amide bonds. The van der Waals surface area contributed by atoms with Crippen molar-refractivity contribution in [3.8, 4) is 0 Å². The van der Waals surface area contributed by atoms with Gasteiger partial charge in [-0.2, -0.15) is 0 Å². The molecule has 0 spiro atoms. The normalized spacial score (nSPS) is 16.0. The third kappa shape index (κ3) is 3.34. The number of nitrogens with one attached hydrogen (secondary N) is 1. The largest absolute Gasteiger partial charge is 0.344 e. The topological polar surface area (TPSA) is 91.3 Å². The van der Waals surface area contributed by atoms with Crippen LogP contribution in [-0.4, -0.2) is 58.9 Å². The number of rotatable bonds is 6.